The highest BCUT2D eigenvalue weighted by atomic mass is 16.5. The fourth-order valence-corrected chi connectivity index (χ4v) is 2.40. The molecule has 1 aliphatic rings. The molecule has 5 heteroatoms. The predicted octanol–water partition coefficient (Wildman–Crippen LogP) is 0.620. The number of methoxy groups -OCH3 is 1. The Balaban J connectivity index is 1.90. The zero-order valence-corrected chi connectivity index (χ0v) is 12.0. The summed E-state index contributed by atoms with van der Waals surface area (Å²) in [6.45, 7) is 5.08. The summed E-state index contributed by atoms with van der Waals surface area (Å²) in [6.07, 6.45) is -0.462. The Labute approximate surface area is 120 Å². The first kappa shape index (κ1) is 15.3. The van der Waals surface area contributed by atoms with Crippen LogP contribution in [0.25, 0.3) is 0 Å². The molecule has 0 amide bonds. The van der Waals surface area contributed by atoms with Gasteiger partial charge in [-0.2, -0.15) is 0 Å². The molecule has 1 saturated heterocycles. The molecule has 5 nitrogen and oxygen atoms in total. The van der Waals surface area contributed by atoms with Gasteiger partial charge in [-0.25, -0.2) is 0 Å². The molecule has 2 rings (SSSR count). The van der Waals surface area contributed by atoms with Crippen molar-refractivity contribution in [1.82, 2.24) is 5.32 Å². The number of nitrogens with one attached hydrogen (secondary N) is 1. The van der Waals surface area contributed by atoms with Crippen molar-refractivity contribution in [2.45, 2.75) is 12.6 Å². The van der Waals surface area contributed by atoms with Crippen LogP contribution in [-0.4, -0.2) is 57.8 Å². The molecule has 112 valence electrons. The first-order valence-corrected chi connectivity index (χ1v) is 7.09. The summed E-state index contributed by atoms with van der Waals surface area (Å²) in [5.41, 5.74) is 2.50. The Hall–Kier alpha value is -1.14. The van der Waals surface area contributed by atoms with Crippen molar-refractivity contribution < 1.29 is 14.6 Å². The van der Waals surface area contributed by atoms with Gasteiger partial charge in [0.25, 0.3) is 0 Å². The molecule has 1 atom stereocenters. The van der Waals surface area contributed by atoms with E-state index in [4.69, 9.17) is 9.47 Å². The summed E-state index contributed by atoms with van der Waals surface area (Å²) in [6, 6.07) is 8.38. The highest BCUT2D eigenvalue weighted by molar-refractivity contribution is 5.53. The van der Waals surface area contributed by atoms with Crippen molar-refractivity contribution in [3.05, 3.63) is 29.8 Å². The Kier molecular flexibility index (Phi) is 6.26. The van der Waals surface area contributed by atoms with Gasteiger partial charge in [0.1, 0.15) is 0 Å². The molecule has 1 fully saturated rings. The van der Waals surface area contributed by atoms with E-state index >= 15 is 0 Å². The number of morpholine rings is 1. The van der Waals surface area contributed by atoms with Gasteiger partial charge < -0.3 is 24.8 Å². The van der Waals surface area contributed by atoms with Crippen LogP contribution in [0, 0.1) is 0 Å². The second-order valence-electron chi connectivity index (χ2n) is 4.97. The monoisotopic (exact) mass is 280 g/mol. The molecule has 0 saturated carbocycles. The number of aliphatic hydroxyl groups excluding tert-OH is 1. The lowest BCUT2D eigenvalue weighted by Crippen LogP contribution is -2.37. The van der Waals surface area contributed by atoms with E-state index in [-0.39, 0.29) is 0 Å². The molecule has 2 N–H and O–H groups in total. The summed E-state index contributed by atoms with van der Waals surface area (Å²) in [7, 11) is 1.59. The second-order valence-corrected chi connectivity index (χ2v) is 4.97. The van der Waals surface area contributed by atoms with Crippen molar-refractivity contribution in [3.63, 3.8) is 0 Å². The molecule has 1 unspecified atom stereocenters. The van der Waals surface area contributed by atoms with Crippen molar-refractivity contribution in [2.24, 2.45) is 0 Å². The Morgan fingerprint density at radius 3 is 2.85 bits per heavy atom. The smallest absolute Gasteiger partial charge is 0.0897 e. The highest BCUT2D eigenvalue weighted by Crippen LogP contribution is 2.21. The van der Waals surface area contributed by atoms with Crippen molar-refractivity contribution >= 4 is 5.69 Å². The van der Waals surface area contributed by atoms with Gasteiger partial charge in [-0.3, -0.25) is 0 Å². The van der Waals surface area contributed by atoms with E-state index in [0.29, 0.717) is 13.2 Å². The van der Waals surface area contributed by atoms with Crippen molar-refractivity contribution in [3.8, 4) is 0 Å². The van der Waals surface area contributed by atoms with Crippen LogP contribution in [0.15, 0.2) is 24.3 Å². The first-order valence-electron chi connectivity index (χ1n) is 7.09. The minimum absolute atomic E-state index is 0.359. The third-order valence-corrected chi connectivity index (χ3v) is 3.40. The van der Waals surface area contributed by atoms with E-state index in [9.17, 15) is 5.11 Å². The summed E-state index contributed by atoms with van der Waals surface area (Å²) >= 11 is 0. The molecule has 1 aliphatic heterocycles. The van der Waals surface area contributed by atoms with Crippen LogP contribution in [0.1, 0.15) is 5.56 Å². The number of ether oxygens (including phenoxy) is 2. The molecular weight excluding hydrogens is 256 g/mol. The second kappa shape index (κ2) is 8.21. The van der Waals surface area contributed by atoms with Gasteiger partial charge in [0.2, 0.25) is 0 Å². The Bertz CT molecular complexity index is 394. The molecule has 0 radical (unpaired) electrons. The lowest BCUT2D eigenvalue weighted by molar-refractivity contribution is 0.0644. The predicted molar refractivity (Wildman–Crippen MR) is 79.1 cm³/mol. The van der Waals surface area contributed by atoms with Gasteiger partial charge in [0.05, 0.1) is 25.9 Å². The quantitative estimate of drug-likeness (QED) is 0.767. The average molecular weight is 280 g/mol. The van der Waals surface area contributed by atoms with Gasteiger partial charge >= 0.3 is 0 Å². The summed E-state index contributed by atoms with van der Waals surface area (Å²) in [5.74, 6) is 0. The van der Waals surface area contributed by atoms with Crippen LogP contribution < -0.4 is 10.2 Å². The maximum atomic E-state index is 9.63. The van der Waals surface area contributed by atoms with Gasteiger partial charge in [-0.1, -0.05) is 18.2 Å². The van der Waals surface area contributed by atoms with Gasteiger partial charge in [0.15, 0.2) is 0 Å². The Morgan fingerprint density at radius 1 is 1.35 bits per heavy atom. The third kappa shape index (κ3) is 4.45. The topological polar surface area (TPSA) is 54.0 Å². The van der Waals surface area contributed by atoms with Crippen LogP contribution >= 0.6 is 0 Å². The Morgan fingerprint density at radius 2 is 2.10 bits per heavy atom. The number of rotatable bonds is 7. The average Bonchev–Trinajstić information content (AvgIpc) is 2.49. The number of hydrogen-bond donors (Lipinski definition) is 2. The molecule has 1 aromatic carbocycles. The summed E-state index contributed by atoms with van der Waals surface area (Å²) < 4.78 is 10.3. The van der Waals surface area contributed by atoms with Gasteiger partial charge in [-0.15, -0.1) is 0 Å². The number of hydrogen-bond acceptors (Lipinski definition) is 5. The van der Waals surface area contributed by atoms with Crippen molar-refractivity contribution in [1.29, 1.82) is 0 Å². The van der Waals surface area contributed by atoms with E-state index in [1.165, 1.54) is 11.3 Å². The van der Waals surface area contributed by atoms with Crippen LogP contribution in [0.4, 0.5) is 5.69 Å². The van der Waals surface area contributed by atoms with Crippen LogP contribution in [0.5, 0.6) is 0 Å². The van der Waals surface area contributed by atoms with E-state index < -0.39 is 6.10 Å². The highest BCUT2D eigenvalue weighted by Gasteiger charge is 2.14. The van der Waals surface area contributed by atoms with E-state index in [1.54, 1.807) is 7.11 Å². The lowest BCUT2D eigenvalue weighted by Gasteiger charge is -2.30. The normalized spacial score (nSPS) is 17.2. The molecule has 20 heavy (non-hydrogen) atoms. The standard InChI is InChI=1S/C15H24N2O3/c1-19-12-14(18)11-16-10-13-4-2-3-5-15(13)17-6-8-20-9-7-17/h2-5,14,16,18H,6-12H2,1H3. The molecule has 0 spiro atoms. The number of aliphatic hydroxyl groups is 1. The summed E-state index contributed by atoms with van der Waals surface area (Å²) in [5, 5.41) is 12.9. The zero-order valence-electron chi connectivity index (χ0n) is 12.0. The third-order valence-electron chi connectivity index (χ3n) is 3.40. The molecule has 1 heterocycles. The minimum Gasteiger partial charge on any atom is -0.389 e. The molecule has 0 aliphatic carbocycles. The van der Waals surface area contributed by atoms with Crippen LogP contribution in [-0.2, 0) is 16.0 Å². The van der Waals surface area contributed by atoms with Crippen molar-refractivity contribution in [2.75, 3.05) is 51.5 Å². The van der Waals surface area contributed by atoms with Gasteiger partial charge in [-0.05, 0) is 11.6 Å². The molecular formula is C15H24N2O3. The molecule has 1 aromatic rings. The number of para-hydroxylation sites is 1. The van der Waals surface area contributed by atoms with Crippen LogP contribution in [0.3, 0.4) is 0 Å². The largest absolute Gasteiger partial charge is 0.389 e. The lowest BCUT2D eigenvalue weighted by atomic mass is 10.1. The fraction of sp³-hybridized carbons (Fsp3) is 0.600. The molecule has 0 bridgehead atoms. The van der Waals surface area contributed by atoms with E-state index in [1.807, 2.05) is 6.07 Å². The van der Waals surface area contributed by atoms with E-state index in [0.717, 1.165) is 32.8 Å². The first-order chi connectivity index (χ1) is 9.81. The van der Waals surface area contributed by atoms with Crippen LogP contribution in [0.2, 0.25) is 0 Å². The number of benzene rings is 1. The number of anilines is 1. The van der Waals surface area contributed by atoms with E-state index in [2.05, 4.69) is 28.4 Å². The number of nitrogens with zero attached hydrogens (tertiary/aromatic N) is 1. The maximum absolute atomic E-state index is 9.63. The maximum Gasteiger partial charge on any atom is 0.0897 e. The minimum atomic E-state index is -0.462. The zero-order chi connectivity index (χ0) is 14.2. The van der Waals surface area contributed by atoms with Gasteiger partial charge in [0, 0.05) is 39.0 Å². The summed E-state index contributed by atoms with van der Waals surface area (Å²) in [4.78, 5) is 2.35. The molecule has 0 aromatic heterocycles. The fourth-order valence-electron chi connectivity index (χ4n) is 2.40. The SMILES string of the molecule is COCC(O)CNCc1ccccc1N1CCOCC1.